The summed E-state index contributed by atoms with van der Waals surface area (Å²) in [6.45, 7) is 2.05. The van der Waals surface area contributed by atoms with Gasteiger partial charge in [0, 0.05) is 16.9 Å². The van der Waals surface area contributed by atoms with Gasteiger partial charge < -0.3 is 10.2 Å². The molecule has 2 aromatic rings. The van der Waals surface area contributed by atoms with E-state index in [1.54, 1.807) is 6.26 Å². The highest BCUT2D eigenvalue weighted by Crippen LogP contribution is 2.31. The fourth-order valence-corrected chi connectivity index (χ4v) is 2.65. The molecule has 0 spiro atoms. The van der Waals surface area contributed by atoms with Gasteiger partial charge in [0.25, 0.3) is 0 Å². The van der Waals surface area contributed by atoms with Crippen LogP contribution in [0.4, 0.5) is 0 Å². The Hall–Kier alpha value is -0.770. The monoisotopic (exact) mass is 241 g/mol. The zero-order valence-electron chi connectivity index (χ0n) is 8.37. The van der Waals surface area contributed by atoms with E-state index in [-0.39, 0.29) is 6.04 Å². The molecule has 2 N–H and O–H groups in total. The predicted molar refractivity (Wildman–Crippen MR) is 63.4 cm³/mol. The van der Waals surface area contributed by atoms with E-state index in [9.17, 15) is 0 Å². The Labute approximate surface area is 97.7 Å². The smallest absolute Gasteiger partial charge is 0.108 e. The van der Waals surface area contributed by atoms with Crippen LogP contribution in [-0.4, -0.2) is 0 Å². The maximum absolute atomic E-state index is 6.14. The summed E-state index contributed by atoms with van der Waals surface area (Å²) in [7, 11) is 0. The van der Waals surface area contributed by atoms with Gasteiger partial charge in [0.05, 0.1) is 16.6 Å². The number of nitrogens with two attached hydrogens (primary N) is 1. The van der Waals surface area contributed by atoms with Crippen LogP contribution in [0.1, 0.15) is 29.2 Å². The Bertz CT molecular complexity index is 449. The van der Waals surface area contributed by atoms with Crippen LogP contribution in [0.15, 0.2) is 28.9 Å². The average Bonchev–Trinajstić information content (AvgIpc) is 2.84. The molecule has 15 heavy (non-hydrogen) atoms. The molecule has 0 aliphatic heterocycles. The van der Waals surface area contributed by atoms with Gasteiger partial charge in [-0.25, -0.2) is 0 Å². The van der Waals surface area contributed by atoms with Crippen molar-refractivity contribution in [1.82, 2.24) is 0 Å². The summed E-state index contributed by atoms with van der Waals surface area (Å²) >= 11 is 7.39. The molecule has 80 valence electrons. The number of halogens is 1. The topological polar surface area (TPSA) is 39.2 Å². The van der Waals surface area contributed by atoms with E-state index in [2.05, 4.69) is 6.92 Å². The maximum Gasteiger partial charge on any atom is 0.108 e. The third-order valence-electron chi connectivity index (χ3n) is 2.34. The molecule has 1 unspecified atom stereocenters. The average molecular weight is 242 g/mol. The van der Waals surface area contributed by atoms with Gasteiger partial charge in [0.1, 0.15) is 5.76 Å². The normalized spacial score (nSPS) is 13.0. The van der Waals surface area contributed by atoms with Crippen molar-refractivity contribution in [2.24, 2.45) is 5.73 Å². The molecule has 2 rings (SSSR count). The first-order valence-electron chi connectivity index (χ1n) is 4.79. The van der Waals surface area contributed by atoms with Crippen LogP contribution in [0.2, 0.25) is 4.34 Å². The van der Waals surface area contributed by atoms with E-state index in [0.717, 1.165) is 27.0 Å². The van der Waals surface area contributed by atoms with Crippen molar-refractivity contribution in [3.05, 3.63) is 45.0 Å². The lowest BCUT2D eigenvalue weighted by Crippen LogP contribution is -2.10. The number of hydrogen-bond acceptors (Lipinski definition) is 3. The summed E-state index contributed by atoms with van der Waals surface area (Å²) < 4.78 is 6.12. The first-order valence-corrected chi connectivity index (χ1v) is 5.99. The van der Waals surface area contributed by atoms with Gasteiger partial charge in [0.15, 0.2) is 0 Å². The minimum absolute atomic E-state index is 0.129. The lowest BCUT2D eigenvalue weighted by molar-refractivity contribution is 0.509. The summed E-state index contributed by atoms with van der Waals surface area (Å²) in [5.74, 6) is 0.951. The van der Waals surface area contributed by atoms with Crippen molar-refractivity contribution < 1.29 is 4.42 Å². The summed E-state index contributed by atoms with van der Waals surface area (Å²) in [6.07, 6.45) is 2.54. The molecule has 1 atom stereocenters. The van der Waals surface area contributed by atoms with Crippen molar-refractivity contribution in [1.29, 1.82) is 0 Å². The van der Waals surface area contributed by atoms with Gasteiger partial charge >= 0.3 is 0 Å². The second kappa shape index (κ2) is 4.39. The van der Waals surface area contributed by atoms with Crippen LogP contribution in [0.3, 0.4) is 0 Å². The van der Waals surface area contributed by atoms with Crippen molar-refractivity contribution in [2.75, 3.05) is 0 Å². The molecular formula is C11H12ClNOS. The first-order chi connectivity index (χ1) is 7.22. The Morgan fingerprint density at radius 1 is 1.47 bits per heavy atom. The Morgan fingerprint density at radius 2 is 2.27 bits per heavy atom. The van der Waals surface area contributed by atoms with E-state index < -0.39 is 0 Å². The molecule has 4 heteroatoms. The van der Waals surface area contributed by atoms with Crippen LogP contribution in [-0.2, 0) is 6.42 Å². The van der Waals surface area contributed by atoms with Crippen molar-refractivity contribution in [3.63, 3.8) is 0 Å². The number of hydrogen-bond donors (Lipinski definition) is 1. The van der Waals surface area contributed by atoms with Crippen LogP contribution in [0.5, 0.6) is 0 Å². The van der Waals surface area contributed by atoms with Crippen molar-refractivity contribution >= 4 is 22.9 Å². The van der Waals surface area contributed by atoms with E-state index >= 15 is 0 Å². The molecule has 0 aliphatic carbocycles. The standard InChI is InChI=1S/C11H12ClNOS/c1-2-8-7(5-6-14-8)11(13)9-3-4-10(12)15-9/h3-6,11H,2,13H2,1H3. The Kier molecular flexibility index (Phi) is 3.14. The van der Waals surface area contributed by atoms with Gasteiger partial charge in [-0.05, 0) is 18.2 Å². The highest BCUT2D eigenvalue weighted by atomic mass is 35.5. The van der Waals surface area contributed by atoms with E-state index in [4.69, 9.17) is 21.8 Å². The lowest BCUT2D eigenvalue weighted by atomic mass is 10.1. The SMILES string of the molecule is CCc1occc1C(N)c1ccc(Cl)s1. The van der Waals surface area contributed by atoms with Gasteiger partial charge in [-0.15, -0.1) is 11.3 Å². The maximum atomic E-state index is 6.14. The fourth-order valence-electron chi connectivity index (χ4n) is 1.56. The zero-order chi connectivity index (χ0) is 10.8. The number of aryl methyl sites for hydroxylation is 1. The number of thiophene rings is 1. The predicted octanol–water partition coefficient (Wildman–Crippen LogP) is 3.61. The minimum Gasteiger partial charge on any atom is -0.469 e. The quantitative estimate of drug-likeness (QED) is 0.892. The molecule has 0 saturated carbocycles. The highest BCUT2D eigenvalue weighted by molar-refractivity contribution is 7.16. The molecule has 0 amide bonds. The second-order valence-corrected chi connectivity index (χ2v) is 5.02. The summed E-state index contributed by atoms with van der Waals surface area (Å²) in [5, 5.41) is 0. The largest absolute Gasteiger partial charge is 0.469 e. The number of furan rings is 1. The molecular weight excluding hydrogens is 230 g/mol. The zero-order valence-corrected chi connectivity index (χ0v) is 9.94. The van der Waals surface area contributed by atoms with Crippen LogP contribution < -0.4 is 5.73 Å². The summed E-state index contributed by atoms with van der Waals surface area (Å²) in [6, 6.07) is 5.63. The molecule has 2 nitrogen and oxygen atoms in total. The Balaban J connectivity index is 2.31. The third-order valence-corrected chi connectivity index (χ3v) is 3.65. The van der Waals surface area contributed by atoms with Gasteiger partial charge in [-0.2, -0.15) is 0 Å². The van der Waals surface area contributed by atoms with E-state index in [1.165, 1.54) is 11.3 Å². The summed E-state index contributed by atoms with van der Waals surface area (Å²) in [4.78, 5) is 1.07. The molecule has 0 fully saturated rings. The van der Waals surface area contributed by atoms with E-state index in [0.29, 0.717) is 0 Å². The Morgan fingerprint density at radius 3 is 2.87 bits per heavy atom. The van der Waals surface area contributed by atoms with Crippen LogP contribution in [0.25, 0.3) is 0 Å². The van der Waals surface area contributed by atoms with Crippen LogP contribution in [0, 0.1) is 0 Å². The fraction of sp³-hybridized carbons (Fsp3) is 0.273. The van der Waals surface area contributed by atoms with Gasteiger partial charge in [0.2, 0.25) is 0 Å². The molecule has 0 aromatic carbocycles. The molecule has 0 radical (unpaired) electrons. The highest BCUT2D eigenvalue weighted by Gasteiger charge is 2.16. The molecule has 0 bridgehead atoms. The van der Waals surface area contributed by atoms with Gasteiger partial charge in [-0.1, -0.05) is 18.5 Å². The third kappa shape index (κ3) is 2.09. The van der Waals surface area contributed by atoms with Crippen LogP contribution >= 0.6 is 22.9 Å². The molecule has 2 aromatic heterocycles. The second-order valence-electron chi connectivity index (χ2n) is 3.27. The number of rotatable bonds is 3. The van der Waals surface area contributed by atoms with Gasteiger partial charge in [-0.3, -0.25) is 0 Å². The van der Waals surface area contributed by atoms with Crippen molar-refractivity contribution in [2.45, 2.75) is 19.4 Å². The lowest BCUT2D eigenvalue weighted by Gasteiger charge is -2.08. The molecule has 0 aliphatic rings. The first kappa shape index (κ1) is 10.7. The molecule has 2 heterocycles. The molecule has 0 saturated heterocycles. The van der Waals surface area contributed by atoms with Crippen molar-refractivity contribution in [3.8, 4) is 0 Å². The summed E-state index contributed by atoms with van der Waals surface area (Å²) in [5.41, 5.74) is 7.19. The van der Waals surface area contributed by atoms with E-state index in [1.807, 2.05) is 18.2 Å². The minimum atomic E-state index is -0.129.